The van der Waals surface area contributed by atoms with Crippen molar-refractivity contribution in [2.24, 2.45) is 0 Å². The number of carboxylic acid groups (broad SMARTS) is 2. The Kier molecular flexibility index (Phi) is 8.89. The van der Waals surface area contributed by atoms with Crippen molar-refractivity contribution in [1.82, 2.24) is 0 Å². The number of aromatic carboxylic acids is 2. The van der Waals surface area contributed by atoms with Crippen molar-refractivity contribution in [2.45, 2.75) is 37.8 Å². The summed E-state index contributed by atoms with van der Waals surface area (Å²) in [5.74, 6) is -2.19. The molecule has 2 unspecified atom stereocenters. The zero-order valence-corrected chi connectivity index (χ0v) is 13.7. The molecule has 0 saturated heterocycles. The van der Waals surface area contributed by atoms with Crippen LogP contribution in [0.2, 0.25) is 0 Å². The van der Waals surface area contributed by atoms with Gasteiger partial charge in [-0.3, -0.25) is 0 Å². The van der Waals surface area contributed by atoms with Crippen LogP contribution in [0.5, 0.6) is 0 Å². The smallest absolute Gasteiger partial charge is 0.676 e. The van der Waals surface area contributed by atoms with Gasteiger partial charge in [-0.15, -0.1) is 11.3 Å². The zero-order chi connectivity index (χ0) is 14.4. The SMILES string of the molecule is O=C(O)c1ccc(C(=O)O)s1.[NH-]C1CCCCC1[NH-].[Pt+2]. The monoisotopic (exact) mass is 479 g/mol. The summed E-state index contributed by atoms with van der Waals surface area (Å²) in [6, 6.07) is 2.39. The molecular formula is C12H16N2O4PtS. The summed E-state index contributed by atoms with van der Waals surface area (Å²) >= 11 is 0.750. The van der Waals surface area contributed by atoms with Gasteiger partial charge in [-0.25, -0.2) is 9.59 Å². The molecule has 1 aliphatic carbocycles. The predicted molar refractivity (Wildman–Crippen MR) is 72.9 cm³/mol. The molecule has 2 atom stereocenters. The second-order valence-electron chi connectivity index (χ2n) is 4.27. The first-order chi connectivity index (χ1) is 8.91. The van der Waals surface area contributed by atoms with Crippen LogP contribution in [0.25, 0.3) is 11.5 Å². The molecule has 1 fully saturated rings. The molecule has 1 heterocycles. The van der Waals surface area contributed by atoms with Gasteiger partial charge in [0, 0.05) is 0 Å². The number of hydrogen-bond donors (Lipinski definition) is 2. The molecule has 1 aromatic rings. The Morgan fingerprint density at radius 1 is 1.00 bits per heavy atom. The van der Waals surface area contributed by atoms with Crippen molar-refractivity contribution < 1.29 is 40.9 Å². The normalized spacial score (nSPS) is 21.1. The van der Waals surface area contributed by atoms with Crippen molar-refractivity contribution in [3.05, 3.63) is 33.4 Å². The summed E-state index contributed by atoms with van der Waals surface area (Å²) in [6.07, 6.45) is 4.25. The van der Waals surface area contributed by atoms with Crippen LogP contribution in [0.1, 0.15) is 45.0 Å². The second kappa shape index (κ2) is 9.23. The van der Waals surface area contributed by atoms with E-state index in [2.05, 4.69) is 0 Å². The molecule has 1 aromatic heterocycles. The van der Waals surface area contributed by atoms with Gasteiger partial charge in [0.2, 0.25) is 0 Å². The van der Waals surface area contributed by atoms with E-state index in [1.54, 1.807) is 0 Å². The fourth-order valence-corrected chi connectivity index (χ4v) is 2.38. The van der Waals surface area contributed by atoms with E-state index in [0.29, 0.717) is 0 Å². The van der Waals surface area contributed by atoms with Gasteiger partial charge in [-0.05, 0) is 12.1 Å². The fraction of sp³-hybridized carbons (Fsp3) is 0.500. The molecule has 8 heteroatoms. The number of rotatable bonds is 2. The third-order valence-corrected chi connectivity index (χ3v) is 3.85. The molecule has 114 valence electrons. The van der Waals surface area contributed by atoms with Gasteiger partial charge >= 0.3 is 33.0 Å². The Labute approximate surface area is 135 Å². The third kappa shape index (κ3) is 6.13. The van der Waals surface area contributed by atoms with E-state index in [0.717, 1.165) is 24.2 Å². The largest absolute Gasteiger partial charge is 2.00 e. The average molecular weight is 479 g/mol. The van der Waals surface area contributed by atoms with Crippen LogP contribution in [0.15, 0.2) is 12.1 Å². The molecule has 0 bridgehead atoms. The second-order valence-corrected chi connectivity index (χ2v) is 5.36. The van der Waals surface area contributed by atoms with Gasteiger partial charge in [0.25, 0.3) is 0 Å². The first-order valence-corrected chi connectivity index (χ1v) is 6.72. The minimum absolute atomic E-state index is 0. The fourth-order valence-electron chi connectivity index (χ4n) is 1.70. The maximum atomic E-state index is 10.3. The standard InChI is InChI=1S/C6H12N2.C6H4O4S.Pt/c7-5-3-1-2-4-6(5)8;7-5(8)3-1-2-4(11-3)6(9)10;/h5-8H,1-4H2;1-2H,(H,7,8)(H,9,10);/q-2;;+2. The Morgan fingerprint density at radius 3 is 1.55 bits per heavy atom. The number of carboxylic acids is 2. The van der Waals surface area contributed by atoms with E-state index < -0.39 is 11.9 Å². The molecule has 0 spiro atoms. The van der Waals surface area contributed by atoms with Crippen molar-refractivity contribution in [1.29, 1.82) is 0 Å². The summed E-state index contributed by atoms with van der Waals surface area (Å²) in [5, 5.41) is 16.8. The quantitative estimate of drug-likeness (QED) is 0.674. The van der Waals surface area contributed by atoms with E-state index in [4.69, 9.17) is 21.7 Å². The molecule has 2 rings (SSSR count). The van der Waals surface area contributed by atoms with Crippen LogP contribution < -0.4 is 0 Å². The minimum Gasteiger partial charge on any atom is -0.676 e. The number of nitrogens with one attached hydrogen (secondary N) is 2. The van der Waals surface area contributed by atoms with Gasteiger partial charge < -0.3 is 21.7 Å². The Balaban J connectivity index is 0.000000359. The average Bonchev–Trinajstić information content (AvgIpc) is 2.83. The maximum Gasteiger partial charge on any atom is 2.00 e. The van der Waals surface area contributed by atoms with Gasteiger partial charge in [0.05, 0.1) is 0 Å². The Hall–Kier alpha value is -0.752. The van der Waals surface area contributed by atoms with E-state index >= 15 is 0 Å². The van der Waals surface area contributed by atoms with Gasteiger partial charge in [0.1, 0.15) is 9.75 Å². The summed E-state index contributed by atoms with van der Waals surface area (Å²) < 4.78 is 0. The van der Waals surface area contributed by atoms with Gasteiger partial charge in [0.15, 0.2) is 0 Å². The Morgan fingerprint density at radius 2 is 1.35 bits per heavy atom. The van der Waals surface area contributed by atoms with E-state index in [1.165, 1.54) is 25.0 Å². The molecule has 1 saturated carbocycles. The summed E-state index contributed by atoms with van der Waals surface area (Å²) in [7, 11) is 0. The first kappa shape index (κ1) is 19.2. The molecule has 0 amide bonds. The van der Waals surface area contributed by atoms with Crippen LogP contribution in [-0.4, -0.2) is 34.2 Å². The van der Waals surface area contributed by atoms with E-state index in [-0.39, 0.29) is 42.9 Å². The molecule has 1 aliphatic rings. The van der Waals surface area contributed by atoms with E-state index in [9.17, 15) is 9.59 Å². The Bertz CT molecular complexity index is 414. The minimum atomic E-state index is -1.09. The van der Waals surface area contributed by atoms with Crippen LogP contribution in [0.4, 0.5) is 0 Å². The molecule has 0 aliphatic heterocycles. The van der Waals surface area contributed by atoms with Crippen molar-refractivity contribution in [2.75, 3.05) is 0 Å². The molecular weight excluding hydrogens is 463 g/mol. The van der Waals surface area contributed by atoms with Crippen LogP contribution >= 0.6 is 11.3 Å². The molecule has 0 aromatic carbocycles. The summed E-state index contributed by atoms with van der Waals surface area (Å²) in [6.45, 7) is 0. The number of hydrogen-bond acceptors (Lipinski definition) is 3. The van der Waals surface area contributed by atoms with Crippen LogP contribution in [0.3, 0.4) is 0 Å². The van der Waals surface area contributed by atoms with Crippen molar-refractivity contribution >= 4 is 23.3 Å². The van der Waals surface area contributed by atoms with Gasteiger partial charge in [-0.1, -0.05) is 25.7 Å². The molecule has 20 heavy (non-hydrogen) atoms. The van der Waals surface area contributed by atoms with Crippen molar-refractivity contribution in [3.63, 3.8) is 0 Å². The van der Waals surface area contributed by atoms with E-state index in [1.807, 2.05) is 0 Å². The topological polar surface area (TPSA) is 122 Å². The predicted octanol–water partition coefficient (Wildman–Crippen LogP) is 3.54. The van der Waals surface area contributed by atoms with Gasteiger partial charge in [-0.2, -0.15) is 12.1 Å². The zero-order valence-electron chi connectivity index (χ0n) is 10.6. The van der Waals surface area contributed by atoms with Crippen LogP contribution in [-0.2, 0) is 21.1 Å². The summed E-state index contributed by atoms with van der Waals surface area (Å²) in [5.41, 5.74) is 14.6. The number of carbonyl (C=O) groups is 2. The third-order valence-electron chi connectivity index (χ3n) is 2.79. The summed E-state index contributed by atoms with van der Waals surface area (Å²) in [4.78, 5) is 20.6. The van der Waals surface area contributed by atoms with Crippen LogP contribution in [0, 0.1) is 0 Å². The maximum absolute atomic E-state index is 10.3. The molecule has 4 N–H and O–H groups in total. The molecule has 0 radical (unpaired) electrons. The first-order valence-electron chi connectivity index (χ1n) is 5.90. The van der Waals surface area contributed by atoms with Crippen molar-refractivity contribution in [3.8, 4) is 0 Å². The molecule has 6 nitrogen and oxygen atoms in total. The number of thiophene rings is 1.